The van der Waals surface area contributed by atoms with Crippen molar-refractivity contribution in [1.29, 1.82) is 0 Å². The lowest BCUT2D eigenvalue weighted by molar-refractivity contribution is 0.401. The van der Waals surface area contributed by atoms with Gasteiger partial charge in [-0.15, -0.1) is 0 Å². The molecule has 3 N–H and O–H groups in total. The third kappa shape index (κ3) is 6.74. The molecule has 5 rings (SSSR count). The van der Waals surface area contributed by atoms with Crippen molar-refractivity contribution in [3.05, 3.63) is 90.0 Å². The average molecular weight is 584 g/mol. The Morgan fingerprint density at radius 1 is 1.07 bits per heavy atom. The molecular weight excluding hydrogens is 555 g/mol. The number of hydrogen-bond acceptors (Lipinski definition) is 8. The summed E-state index contributed by atoms with van der Waals surface area (Å²) in [5, 5.41) is 6.60. The van der Waals surface area contributed by atoms with Crippen molar-refractivity contribution in [2.75, 3.05) is 30.2 Å². The quantitative estimate of drug-likeness (QED) is 0.222. The molecule has 13 heteroatoms. The molecule has 0 amide bonds. The van der Waals surface area contributed by atoms with Crippen molar-refractivity contribution in [2.45, 2.75) is 24.6 Å². The predicted molar refractivity (Wildman–Crippen MR) is 151 cm³/mol. The molecule has 1 fully saturated rings. The van der Waals surface area contributed by atoms with E-state index in [1.54, 1.807) is 54.7 Å². The van der Waals surface area contributed by atoms with Crippen LogP contribution in [-0.4, -0.2) is 45.3 Å². The van der Waals surface area contributed by atoms with Crippen LogP contribution >= 0.6 is 0 Å². The maximum atomic E-state index is 15.2. The van der Waals surface area contributed by atoms with Crippen molar-refractivity contribution in [1.82, 2.24) is 20.3 Å². The molecule has 0 spiro atoms. The van der Waals surface area contributed by atoms with Gasteiger partial charge in [0.15, 0.2) is 17.4 Å². The van der Waals surface area contributed by atoms with E-state index in [0.717, 1.165) is 25.9 Å². The average Bonchev–Trinajstić information content (AvgIpc) is 2.99. The van der Waals surface area contributed by atoms with Crippen molar-refractivity contribution in [3.8, 4) is 22.9 Å². The minimum Gasteiger partial charge on any atom is -0.435 e. The number of nitrogens with zero attached hydrogens (tertiary/aromatic N) is 4. The van der Waals surface area contributed by atoms with Crippen LogP contribution in [0.5, 0.6) is 11.6 Å². The molecule has 3 heterocycles. The Morgan fingerprint density at radius 2 is 1.90 bits per heavy atom. The van der Waals surface area contributed by atoms with E-state index in [1.165, 1.54) is 13.2 Å². The fourth-order valence-electron chi connectivity index (χ4n) is 4.35. The number of pyridine rings is 1. The molecule has 1 saturated heterocycles. The van der Waals surface area contributed by atoms with E-state index in [0.29, 0.717) is 28.8 Å². The molecule has 1 aliphatic heterocycles. The topological polar surface area (TPSA) is 113 Å². The van der Waals surface area contributed by atoms with Crippen LogP contribution in [0, 0.1) is 17.5 Å². The molecule has 2 atom stereocenters. The Hall–Kier alpha value is -4.23. The minimum absolute atomic E-state index is 0.119. The van der Waals surface area contributed by atoms with Gasteiger partial charge in [0, 0.05) is 38.1 Å². The standard InChI is InChI=1S/C28H28F3N7O2S/c1-32-41(39,17-18-7-3-2-4-8-18)38-26-21(29)15-23(24(30)25(26)31)40-27-20(10-6-13-34-27)22-11-14-35-28(37-22)36-19-9-5-12-33-16-19/h2-4,6-8,10-11,13-15,19,33H,5,9,12,16-17H2,1H3,(H,32,38,39)(H,35,36,37)/t19-,41?/m0/s1. The highest BCUT2D eigenvalue weighted by atomic mass is 32.2. The summed E-state index contributed by atoms with van der Waals surface area (Å²) < 4.78 is 70.4. The lowest BCUT2D eigenvalue weighted by Gasteiger charge is -2.23. The highest BCUT2D eigenvalue weighted by Gasteiger charge is 2.25. The number of halogens is 3. The maximum Gasteiger partial charge on any atom is 0.228 e. The summed E-state index contributed by atoms with van der Waals surface area (Å²) in [6, 6.07) is 14.4. The van der Waals surface area contributed by atoms with Gasteiger partial charge in [-0.1, -0.05) is 30.3 Å². The van der Waals surface area contributed by atoms with E-state index in [-0.39, 0.29) is 17.7 Å². The van der Waals surface area contributed by atoms with Gasteiger partial charge in [0.1, 0.15) is 15.6 Å². The van der Waals surface area contributed by atoms with Gasteiger partial charge in [0.2, 0.25) is 17.6 Å². The molecule has 214 valence electrons. The Labute approximate surface area is 235 Å². The highest BCUT2D eigenvalue weighted by Crippen LogP contribution is 2.36. The minimum atomic E-state index is -3.37. The third-order valence-electron chi connectivity index (χ3n) is 6.43. The lowest BCUT2D eigenvalue weighted by atomic mass is 10.1. The van der Waals surface area contributed by atoms with E-state index in [2.05, 4.69) is 34.7 Å². The molecule has 9 nitrogen and oxygen atoms in total. The first-order valence-corrected chi connectivity index (χ1v) is 14.6. The fourth-order valence-corrected chi connectivity index (χ4v) is 5.80. The number of hydrogen-bond donors (Lipinski definition) is 3. The highest BCUT2D eigenvalue weighted by molar-refractivity contribution is 7.94. The first-order chi connectivity index (χ1) is 19.8. The first kappa shape index (κ1) is 28.3. The first-order valence-electron chi connectivity index (χ1n) is 12.9. The summed E-state index contributed by atoms with van der Waals surface area (Å²) in [5.41, 5.74) is 0.487. The van der Waals surface area contributed by atoms with Crippen molar-refractivity contribution < 1.29 is 22.1 Å². The summed E-state index contributed by atoms with van der Waals surface area (Å²) in [6.45, 7) is 1.74. The zero-order valence-electron chi connectivity index (χ0n) is 22.1. The molecule has 4 aromatic rings. The molecular formula is C28H28F3N7O2S. The van der Waals surface area contributed by atoms with Gasteiger partial charge in [-0.05, 0) is 43.1 Å². The summed E-state index contributed by atoms with van der Waals surface area (Å²) in [5.74, 6) is -4.91. The Bertz CT molecular complexity index is 1640. The van der Waals surface area contributed by atoms with Gasteiger partial charge in [-0.2, -0.15) is 4.39 Å². The number of ether oxygens (including phenoxy) is 1. The second-order valence-electron chi connectivity index (χ2n) is 9.33. The van der Waals surface area contributed by atoms with Crippen LogP contribution in [0.2, 0.25) is 0 Å². The zero-order chi connectivity index (χ0) is 28.8. The number of anilines is 2. The van der Waals surface area contributed by atoms with Gasteiger partial charge in [-0.25, -0.2) is 32.3 Å². The fraction of sp³-hybridized carbons (Fsp3) is 0.250. The van der Waals surface area contributed by atoms with Crippen LogP contribution < -0.4 is 20.1 Å². The second kappa shape index (κ2) is 12.5. The molecule has 2 aromatic heterocycles. The monoisotopic (exact) mass is 583 g/mol. The Kier molecular flexibility index (Phi) is 8.64. The molecule has 0 bridgehead atoms. The summed E-state index contributed by atoms with van der Waals surface area (Å²) in [4.78, 5) is 12.9. The smallest absolute Gasteiger partial charge is 0.228 e. The van der Waals surface area contributed by atoms with E-state index in [9.17, 15) is 4.21 Å². The van der Waals surface area contributed by atoms with Crippen LogP contribution in [-0.2, 0) is 15.7 Å². The second-order valence-corrected chi connectivity index (χ2v) is 11.5. The van der Waals surface area contributed by atoms with Gasteiger partial charge < -0.3 is 15.4 Å². The summed E-state index contributed by atoms with van der Waals surface area (Å²) >= 11 is 0. The van der Waals surface area contributed by atoms with E-state index in [1.807, 2.05) is 0 Å². The molecule has 1 unspecified atom stereocenters. The number of benzene rings is 2. The molecule has 2 aromatic carbocycles. The van der Waals surface area contributed by atoms with Gasteiger partial charge in [0.05, 0.1) is 17.0 Å². The lowest BCUT2D eigenvalue weighted by Crippen LogP contribution is -2.38. The normalized spacial score (nSPS) is 16.4. The number of rotatable bonds is 9. The zero-order valence-corrected chi connectivity index (χ0v) is 22.9. The van der Waals surface area contributed by atoms with Crippen molar-refractivity contribution in [2.24, 2.45) is 4.36 Å². The number of nitrogens with one attached hydrogen (secondary N) is 3. The molecule has 1 aliphatic rings. The Balaban J connectivity index is 1.40. The third-order valence-corrected chi connectivity index (χ3v) is 8.26. The van der Waals surface area contributed by atoms with Crippen LogP contribution in [0.3, 0.4) is 0 Å². The van der Waals surface area contributed by atoms with Crippen molar-refractivity contribution in [3.63, 3.8) is 0 Å². The summed E-state index contributed by atoms with van der Waals surface area (Å²) in [7, 11) is -2.12. The Morgan fingerprint density at radius 3 is 2.66 bits per heavy atom. The van der Waals surface area contributed by atoms with Gasteiger partial charge in [0.25, 0.3) is 0 Å². The van der Waals surface area contributed by atoms with Crippen LogP contribution in [0.1, 0.15) is 18.4 Å². The van der Waals surface area contributed by atoms with Gasteiger partial charge in [-0.3, -0.25) is 4.72 Å². The van der Waals surface area contributed by atoms with Crippen LogP contribution in [0.15, 0.2) is 71.4 Å². The number of piperidine rings is 1. The van der Waals surface area contributed by atoms with E-state index >= 15 is 13.2 Å². The number of aromatic nitrogens is 3. The van der Waals surface area contributed by atoms with Crippen LogP contribution in [0.25, 0.3) is 11.3 Å². The van der Waals surface area contributed by atoms with Gasteiger partial charge >= 0.3 is 0 Å². The molecule has 41 heavy (non-hydrogen) atoms. The maximum absolute atomic E-state index is 15.2. The van der Waals surface area contributed by atoms with E-state index < -0.39 is 38.8 Å². The molecule has 0 aliphatic carbocycles. The SMILES string of the molecule is CN=S(=O)(Cc1ccccc1)Nc1c(F)cc(Oc2ncccc2-c2ccnc(N[C@H]3CCCNC3)n2)c(F)c1F. The van der Waals surface area contributed by atoms with Crippen LogP contribution in [0.4, 0.5) is 24.8 Å². The van der Waals surface area contributed by atoms with E-state index in [4.69, 9.17) is 4.74 Å². The molecule has 0 radical (unpaired) electrons. The largest absolute Gasteiger partial charge is 0.435 e. The summed E-state index contributed by atoms with van der Waals surface area (Å²) in [6.07, 6.45) is 4.96. The predicted octanol–water partition coefficient (Wildman–Crippen LogP) is 5.54. The molecule has 0 saturated carbocycles. The van der Waals surface area contributed by atoms with Crippen molar-refractivity contribution >= 4 is 21.6 Å².